The van der Waals surface area contributed by atoms with E-state index in [1.54, 1.807) is 0 Å². The van der Waals surface area contributed by atoms with E-state index in [0.717, 1.165) is 104 Å². The highest BCUT2D eigenvalue weighted by Crippen LogP contribution is 2.43. The summed E-state index contributed by atoms with van der Waals surface area (Å²) in [6.45, 7) is 0. The van der Waals surface area contributed by atoms with Crippen LogP contribution in [0.2, 0.25) is 0 Å². The van der Waals surface area contributed by atoms with Gasteiger partial charge in [-0.05, 0) is 74.8 Å². The maximum absolute atomic E-state index is 6.91. The molecule has 58 heavy (non-hydrogen) atoms. The summed E-state index contributed by atoms with van der Waals surface area (Å²) in [4.78, 5) is 15.5. The van der Waals surface area contributed by atoms with E-state index in [2.05, 4.69) is 158 Å². The number of furan rings is 2. The van der Waals surface area contributed by atoms with E-state index in [4.69, 9.17) is 23.8 Å². The third-order valence-corrected chi connectivity index (χ3v) is 11.3. The van der Waals surface area contributed by atoms with Crippen LogP contribution in [0.25, 0.3) is 122 Å². The largest absolute Gasteiger partial charge is 0.456 e. The molecule has 270 valence electrons. The Morgan fingerprint density at radius 2 is 0.897 bits per heavy atom. The fourth-order valence-electron chi connectivity index (χ4n) is 8.56. The van der Waals surface area contributed by atoms with Crippen LogP contribution in [0, 0.1) is 0 Å². The molecule has 12 aromatic rings. The van der Waals surface area contributed by atoms with E-state index < -0.39 is 0 Å². The molecule has 5 nitrogen and oxygen atoms in total. The molecule has 0 aliphatic heterocycles. The molecule has 0 amide bonds. The second-order valence-electron chi connectivity index (χ2n) is 14.7. The molecule has 9 aromatic carbocycles. The predicted molar refractivity (Wildman–Crippen MR) is 237 cm³/mol. The molecule has 3 heterocycles. The third kappa shape index (κ3) is 5.14. The summed E-state index contributed by atoms with van der Waals surface area (Å²) in [5.41, 5.74) is 10.3. The summed E-state index contributed by atoms with van der Waals surface area (Å²) >= 11 is 0. The maximum Gasteiger partial charge on any atom is 0.167 e. The van der Waals surface area contributed by atoms with Gasteiger partial charge in [-0.25, -0.2) is 15.0 Å². The van der Waals surface area contributed by atoms with Crippen LogP contribution in [-0.2, 0) is 0 Å². The molecule has 0 aliphatic rings. The summed E-state index contributed by atoms with van der Waals surface area (Å²) in [7, 11) is 0. The van der Waals surface area contributed by atoms with Crippen LogP contribution >= 0.6 is 0 Å². The number of hydrogen-bond donors (Lipinski definition) is 0. The molecule has 0 bridgehead atoms. The first-order chi connectivity index (χ1) is 28.7. The van der Waals surface area contributed by atoms with Crippen LogP contribution in [0.5, 0.6) is 0 Å². The third-order valence-electron chi connectivity index (χ3n) is 11.3. The molecule has 0 aliphatic carbocycles. The van der Waals surface area contributed by atoms with Crippen molar-refractivity contribution in [1.82, 2.24) is 15.0 Å². The van der Waals surface area contributed by atoms with Gasteiger partial charge in [0.15, 0.2) is 17.5 Å². The van der Waals surface area contributed by atoms with Crippen LogP contribution in [0.15, 0.2) is 197 Å². The Balaban J connectivity index is 1.08. The molecule has 0 N–H and O–H groups in total. The monoisotopic (exact) mass is 741 g/mol. The topological polar surface area (TPSA) is 65.0 Å². The summed E-state index contributed by atoms with van der Waals surface area (Å²) < 4.78 is 13.5. The normalized spacial score (nSPS) is 11.8. The van der Waals surface area contributed by atoms with Gasteiger partial charge in [0.1, 0.15) is 22.3 Å². The van der Waals surface area contributed by atoms with Crippen LogP contribution in [0.4, 0.5) is 0 Å². The van der Waals surface area contributed by atoms with E-state index in [1.165, 1.54) is 0 Å². The van der Waals surface area contributed by atoms with Gasteiger partial charge in [0, 0.05) is 38.1 Å². The van der Waals surface area contributed by atoms with Gasteiger partial charge in [0.25, 0.3) is 0 Å². The Morgan fingerprint density at radius 3 is 1.71 bits per heavy atom. The Labute approximate surface area is 332 Å². The zero-order valence-electron chi connectivity index (χ0n) is 31.1. The highest BCUT2D eigenvalue weighted by molar-refractivity contribution is 6.20. The first-order valence-corrected chi connectivity index (χ1v) is 19.4. The van der Waals surface area contributed by atoms with Gasteiger partial charge in [-0.3, -0.25) is 0 Å². The lowest BCUT2D eigenvalue weighted by atomic mass is 9.95. The van der Waals surface area contributed by atoms with Gasteiger partial charge in [-0.15, -0.1) is 0 Å². The van der Waals surface area contributed by atoms with Crippen molar-refractivity contribution in [1.29, 1.82) is 0 Å². The molecule has 0 atom stereocenters. The van der Waals surface area contributed by atoms with Gasteiger partial charge in [-0.1, -0.05) is 152 Å². The second-order valence-corrected chi connectivity index (χ2v) is 14.7. The highest BCUT2D eigenvalue weighted by Gasteiger charge is 2.21. The lowest BCUT2D eigenvalue weighted by Gasteiger charge is -2.09. The van der Waals surface area contributed by atoms with Gasteiger partial charge in [-0.2, -0.15) is 0 Å². The summed E-state index contributed by atoms with van der Waals surface area (Å²) in [5, 5.41) is 8.64. The van der Waals surface area contributed by atoms with Crippen LogP contribution < -0.4 is 0 Å². The first kappa shape index (κ1) is 32.4. The van der Waals surface area contributed by atoms with Crippen molar-refractivity contribution in [3.63, 3.8) is 0 Å². The molecule has 0 unspecified atom stereocenters. The van der Waals surface area contributed by atoms with Crippen LogP contribution in [0.3, 0.4) is 0 Å². The van der Waals surface area contributed by atoms with Gasteiger partial charge >= 0.3 is 0 Å². The number of nitrogens with zero attached hydrogens (tertiary/aromatic N) is 3. The standard InChI is InChI=1S/C53H31N3O2/c1-3-14-33(15-4-1)38-21-12-24-46-48(38)42-28-27-37(30-47(42)57-46)52-54-51(36-26-25-32-13-7-8-18-35(32)29-36)55-53(56-52)43-23-11-22-41-45-31-44(34-16-5-2-6-17-34)39-19-9-10-20-40(39)50(45)58-49(41)43/h1-31H. The van der Waals surface area contributed by atoms with E-state index in [0.29, 0.717) is 17.5 Å². The highest BCUT2D eigenvalue weighted by atomic mass is 16.3. The Morgan fingerprint density at radius 1 is 0.293 bits per heavy atom. The zero-order chi connectivity index (χ0) is 38.2. The molecule has 0 spiro atoms. The molecule has 0 saturated carbocycles. The molecule has 5 heteroatoms. The molecular weight excluding hydrogens is 711 g/mol. The minimum Gasteiger partial charge on any atom is -0.456 e. The fraction of sp³-hybridized carbons (Fsp3) is 0. The molecule has 3 aromatic heterocycles. The van der Waals surface area contributed by atoms with Crippen molar-refractivity contribution >= 4 is 65.4 Å². The van der Waals surface area contributed by atoms with E-state index in [1.807, 2.05) is 30.3 Å². The number of aromatic nitrogens is 3. The predicted octanol–water partition coefficient (Wildman–Crippen LogP) is 14.3. The minimum atomic E-state index is 0.529. The first-order valence-electron chi connectivity index (χ1n) is 19.4. The van der Waals surface area contributed by atoms with E-state index in [-0.39, 0.29) is 0 Å². The number of benzene rings is 9. The fourth-order valence-corrected chi connectivity index (χ4v) is 8.56. The smallest absolute Gasteiger partial charge is 0.167 e. The van der Waals surface area contributed by atoms with E-state index in [9.17, 15) is 0 Å². The average Bonchev–Trinajstić information content (AvgIpc) is 3.87. The Hall–Kier alpha value is -7.89. The van der Waals surface area contributed by atoms with Crippen LogP contribution in [-0.4, -0.2) is 15.0 Å². The summed E-state index contributed by atoms with van der Waals surface area (Å²) in [5.74, 6) is 1.65. The van der Waals surface area contributed by atoms with Crippen molar-refractivity contribution in [2.75, 3.05) is 0 Å². The average molecular weight is 742 g/mol. The van der Waals surface area contributed by atoms with Crippen molar-refractivity contribution in [2.45, 2.75) is 0 Å². The maximum atomic E-state index is 6.91. The Bertz CT molecular complexity index is 3570. The van der Waals surface area contributed by atoms with Crippen molar-refractivity contribution in [3.8, 4) is 56.4 Å². The van der Waals surface area contributed by atoms with Gasteiger partial charge < -0.3 is 8.83 Å². The second kappa shape index (κ2) is 12.8. The molecule has 0 saturated heterocycles. The molecule has 0 radical (unpaired) electrons. The van der Waals surface area contributed by atoms with E-state index >= 15 is 0 Å². The van der Waals surface area contributed by atoms with Gasteiger partial charge in [0.05, 0.1) is 5.56 Å². The number of fused-ring (bicyclic) bond motifs is 9. The molecular formula is C53H31N3O2. The Kier molecular flexibility index (Phi) is 7.16. The van der Waals surface area contributed by atoms with Crippen molar-refractivity contribution in [2.24, 2.45) is 0 Å². The lowest BCUT2D eigenvalue weighted by molar-refractivity contribution is 0.669. The number of para-hydroxylation sites is 1. The molecule has 12 rings (SSSR count). The summed E-state index contributed by atoms with van der Waals surface area (Å²) in [6, 6.07) is 65.1. The lowest BCUT2D eigenvalue weighted by Crippen LogP contribution is -2.00. The zero-order valence-corrected chi connectivity index (χ0v) is 31.1. The van der Waals surface area contributed by atoms with Crippen molar-refractivity contribution in [3.05, 3.63) is 188 Å². The van der Waals surface area contributed by atoms with Crippen LogP contribution in [0.1, 0.15) is 0 Å². The quantitative estimate of drug-likeness (QED) is 0.176. The van der Waals surface area contributed by atoms with Crippen molar-refractivity contribution < 1.29 is 8.83 Å². The number of rotatable bonds is 5. The summed E-state index contributed by atoms with van der Waals surface area (Å²) in [6.07, 6.45) is 0. The molecule has 0 fully saturated rings. The van der Waals surface area contributed by atoms with Gasteiger partial charge in [0.2, 0.25) is 0 Å². The SMILES string of the molecule is c1ccc(-c2cc3c4cccc(-c5nc(-c6ccc7ccccc7c6)nc(-c6ccc7c(c6)oc6cccc(-c8ccccc8)c67)n5)c4oc3c3ccccc23)cc1. The minimum absolute atomic E-state index is 0.529. The number of hydrogen-bond acceptors (Lipinski definition) is 5.